The second kappa shape index (κ2) is 4.63. The van der Waals surface area contributed by atoms with Crippen molar-refractivity contribution in [1.82, 2.24) is 9.97 Å². The summed E-state index contributed by atoms with van der Waals surface area (Å²) in [7, 11) is 8.11. The Morgan fingerprint density at radius 1 is 0.600 bits per heavy atom. The van der Waals surface area contributed by atoms with Gasteiger partial charge >= 0.3 is 0 Å². The van der Waals surface area contributed by atoms with Gasteiger partial charge < -0.3 is 9.80 Å². The highest BCUT2D eigenvalue weighted by Crippen LogP contribution is 2.23. The van der Waals surface area contributed by atoms with Gasteiger partial charge in [-0.1, -0.05) is 0 Å². The lowest BCUT2D eigenvalue weighted by Crippen LogP contribution is -2.09. The Balaban J connectivity index is 2.24. The third-order valence-electron chi connectivity index (χ3n) is 3.43. The van der Waals surface area contributed by atoms with E-state index in [0.717, 1.165) is 33.4 Å². The van der Waals surface area contributed by atoms with Crippen LogP contribution in [-0.4, -0.2) is 38.2 Å². The molecule has 0 saturated heterocycles. The summed E-state index contributed by atoms with van der Waals surface area (Å²) in [5, 5.41) is 0. The van der Waals surface area contributed by atoms with Gasteiger partial charge in [-0.25, -0.2) is 9.97 Å². The van der Waals surface area contributed by atoms with E-state index in [2.05, 4.69) is 39.0 Å². The van der Waals surface area contributed by atoms with Gasteiger partial charge in [0.1, 0.15) is 0 Å². The molecular formula is C16H18N4. The Hall–Kier alpha value is -2.36. The topological polar surface area (TPSA) is 32.3 Å². The van der Waals surface area contributed by atoms with Gasteiger partial charge in [-0.15, -0.1) is 0 Å². The standard InChI is InChI=1S/C16H18N4/c1-19(2)11-5-7-13-15(9-11)18-16-10-12(20(3)4)6-8-14(16)17-13/h5-10H,1-4H3. The Labute approximate surface area is 118 Å². The molecular weight excluding hydrogens is 248 g/mol. The van der Waals surface area contributed by atoms with Crippen molar-refractivity contribution >= 4 is 33.4 Å². The van der Waals surface area contributed by atoms with Crippen LogP contribution in [0, 0.1) is 0 Å². The largest absolute Gasteiger partial charge is 0.378 e. The van der Waals surface area contributed by atoms with E-state index in [9.17, 15) is 0 Å². The maximum atomic E-state index is 4.75. The third kappa shape index (κ3) is 2.13. The number of hydrogen-bond donors (Lipinski definition) is 0. The molecule has 3 rings (SSSR count). The predicted molar refractivity (Wildman–Crippen MR) is 85.7 cm³/mol. The zero-order valence-electron chi connectivity index (χ0n) is 12.3. The number of aromatic nitrogens is 2. The first-order valence-corrected chi connectivity index (χ1v) is 6.61. The van der Waals surface area contributed by atoms with E-state index in [4.69, 9.17) is 4.98 Å². The third-order valence-corrected chi connectivity index (χ3v) is 3.43. The summed E-state index contributed by atoms with van der Waals surface area (Å²) in [5.74, 6) is 0. The highest BCUT2D eigenvalue weighted by atomic mass is 15.1. The molecule has 3 aromatic rings. The monoisotopic (exact) mass is 266 g/mol. The molecule has 0 unspecified atom stereocenters. The molecule has 4 heteroatoms. The van der Waals surface area contributed by atoms with Crippen LogP contribution in [0.5, 0.6) is 0 Å². The molecule has 0 fully saturated rings. The van der Waals surface area contributed by atoms with Gasteiger partial charge in [-0.3, -0.25) is 0 Å². The maximum Gasteiger partial charge on any atom is 0.0915 e. The van der Waals surface area contributed by atoms with E-state index in [1.54, 1.807) is 0 Å². The summed E-state index contributed by atoms with van der Waals surface area (Å²) in [4.78, 5) is 13.6. The smallest absolute Gasteiger partial charge is 0.0915 e. The first kappa shape index (κ1) is 12.7. The molecule has 102 valence electrons. The van der Waals surface area contributed by atoms with Crippen molar-refractivity contribution < 1.29 is 0 Å². The zero-order chi connectivity index (χ0) is 14.3. The fourth-order valence-electron chi connectivity index (χ4n) is 2.21. The van der Waals surface area contributed by atoms with Crippen LogP contribution in [0.3, 0.4) is 0 Å². The molecule has 20 heavy (non-hydrogen) atoms. The van der Waals surface area contributed by atoms with E-state index < -0.39 is 0 Å². The Morgan fingerprint density at radius 2 is 1.00 bits per heavy atom. The molecule has 1 aromatic heterocycles. The van der Waals surface area contributed by atoms with Crippen LogP contribution >= 0.6 is 0 Å². The van der Waals surface area contributed by atoms with E-state index in [1.807, 2.05) is 40.3 Å². The Morgan fingerprint density at radius 3 is 1.40 bits per heavy atom. The van der Waals surface area contributed by atoms with E-state index in [0.29, 0.717) is 0 Å². The quantitative estimate of drug-likeness (QED) is 0.668. The van der Waals surface area contributed by atoms with Crippen LogP contribution in [0.1, 0.15) is 0 Å². The number of hydrogen-bond acceptors (Lipinski definition) is 4. The fourth-order valence-corrected chi connectivity index (χ4v) is 2.21. The summed E-state index contributed by atoms with van der Waals surface area (Å²) in [6.07, 6.45) is 0. The highest BCUT2D eigenvalue weighted by Gasteiger charge is 2.05. The molecule has 0 aliphatic rings. The lowest BCUT2D eigenvalue weighted by atomic mass is 10.2. The van der Waals surface area contributed by atoms with Crippen molar-refractivity contribution in [3.63, 3.8) is 0 Å². The minimum Gasteiger partial charge on any atom is -0.378 e. The first-order valence-electron chi connectivity index (χ1n) is 6.61. The predicted octanol–water partition coefficient (Wildman–Crippen LogP) is 2.92. The SMILES string of the molecule is CN(C)c1ccc2nc3ccc(N(C)C)cc3nc2c1. The number of benzene rings is 2. The van der Waals surface area contributed by atoms with Crippen LogP contribution in [0.2, 0.25) is 0 Å². The number of anilines is 2. The van der Waals surface area contributed by atoms with Crippen molar-refractivity contribution in [2.24, 2.45) is 0 Å². The molecule has 0 bridgehead atoms. The molecule has 0 aliphatic heterocycles. The molecule has 0 spiro atoms. The summed E-state index contributed by atoms with van der Waals surface area (Å²) in [6.45, 7) is 0. The summed E-state index contributed by atoms with van der Waals surface area (Å²) in [5.41, 5.74) is 5.99. The van der Waals surface area contributed by atoms with Crippen LogP contribution in [-0.2, 0) is 0 Å². The second-order valence-corrected chi connectivity index (χ2v) is 5.36. The van der Waals surface area contributed by atoms with Gasteiger partial charge in [-0.05, 0) is 36.4 Å². The summed E-state index contributed by atoms with van der Waals surface area (Å²) < 4.78 is 0. The van der Waals surface area contributed by atoms with Gasteiger partial charge in [0, 0.05) is 39.6 Å². The van der Waals surface area contributed by atoms with Crippen molar-refractivity contribution in [1.29, 1.82) is 0 Å². The first-order chi connectivity index (χ1) is 9.54. The van der Waals surface area contributed by atoms with Gasteiger partial charge in [0.25, 0.3) is 0 Å². The van der Waals surface area contributed by atoms with E-state index in [1.165, 1.54) is 0 Å². The molecule has 0 N–H and O–H groups in total. The van der Waals surface area contributed by atoms with Crippen molar-refractivity contribution in [3.8, 4) is 0 Å². The second-order valence-electron chi connectivity index (χ2n) is 5.36. The molecule has 2 aromatic carbocycles. The van der Waals surface area contributed by atoms with Crippen LogP contribution in [0.4, 0.5) is 11.4 Å². The molecule has 1 heterocycles. The van der Waals surface area contributed by atoms with Gasteiger partial charge in [0.2, 0.25) is 0 Å². The molecule has 0 atom stereocenters. The van der Waals surface area contributed by atoms with Crippen LogP contribution < -0.4 is 9.80 Å². The molecule has 0 amide bonds. The lowest BCUT2D eigenvalue weighted by Gasteiger charge is -2.14. The maximum absolute atomic E-state index is 4.75. The van der Waals surface area contributed by atoms with E-state index in [-0.39, 0.29) is 0 Å². The fraction of sp³-hybridized carbons (Fsp3) is 0.250. The Bertz CT molecular complexity index is 715. The normalized spacial score (nSPS) is 11.0. The minimum atomic E-state index is 0.930. The summed E-state index contributed by atoms with van der Waals surface area (Å²) in [6, 6.07) is 12.3. The van der Waals surface area contributed by atoms with Gasteiger partial charge in [0.05, 0.1) is 22.1 Å². The lowest BCUT2D eigenvalue weighted by molar-refractivity contribution is 1.13. The number of nitrogens with zero attached hydrogens (tertiary/aromatic N) is 4. The minimum absolute atomic E-state index is 0.930. The molecule has 4 nitrogen and oxygen atoms in total. The van der Waals surface area contributed by atoms with Gasteiger partial charge in [0.15, 0.2) is 0 Å². The van der Waals surface area contributed by atoms with Crippen molar-refractivity contribution in [3.05, 3.63) is 36.4 Å². The molecule has 0 saturated carbocycles. The molecule has 0 radical (unpaired) electrons. The van der Waals surface area contributed by atoms with Crippen molar-refractivity contribution in [2.75, 3.05) is 38.0 Å². The van der Waals surface area contributed by atoms with E-state index >= 15 is 0 Å². The number of rotatable bonds is 2. The van der Waals surface area contributed by atoms with Crippen LogP contribution in [0.15, 0.2) is 36.4 Å². The zero-order valence-corrected chi connectivity index (χ0v) is 12.3. The van der Waals surface area contributed by atoms with Crippen molar-refractivity contribution in [2.45, 2.75) is 0 Å². The summed E-state index contributed by atoms with van der Waals surface area (Å²) >= 11 is 0. The molecule has 0 aliphatic carbocycles. The highest BCUT2D eigenvalue weighted by molar-refractivity contribution is 5.89. The van der Waals surface area contributed by atoms with Gasteiger partial charge in [-0.2, -0.15) is 0 Å². The Kier molecular flexibility index (Phi) is 2.93. The average molecular weight is 266 g/mol. The average Bonchev–Trinajstić information content (AvgIpc) is 2.43. The van der Waals surface area contributed by atoms with Crippen LogP contribution in [0.25, 0.3) is 22.1 Å². The number of fused-ring (bicyclic) bond motifs is 2.